The van der Waals surface area contributed by atoms with Crippen molar-refractivity contribution < 1.29 is 4.39 Å². The lowest BCUT2D eigenvalue weighted by molar-refractivity contribution is 0.610. The summed E-state index contributed by atoms with van der Waals surface area (Å²) in [6.45, 7) is 17.6. The number of H-pyrrole nitrogens is 1. The third kappa shape index (κ3) is 8.91. The van der Waals surface area contributed by atoms with Gasteiger partial charge in [0.15, 0.2) is 0 Å². The molecule has 4 N–H and O–H groups in total. The van der Waals surface area contributed by atoms with Crippen LogP contribution in [0.5, 0.6) is 0 Å². The lowest BCUT2D eigenvalue weighted by atomic mass is 9.94. The van der Waals surface area contributed by atoms with Gasteiger partial charge >= 0.3 is 0 Å². The highest BCUT2D eigenvalue weighted by molar-refractivity contribution is 5.82. The van der Waals surface area contributed by atoms with Gasteiger partial charge in [0, 0.05) is 33.5 Å². The summed E-state index contributed by atoms with van der Waals surface area (Å²) >= 11 is 0. The predicted octanol–water partition coefficient (Wildman–Crippen LogP) is 4.44. The van der Waals surface area contributed by atoms with Gasteiger partial charge in [-0.2, -0.15) is 0 Å². The summed E-state index contributed by atoms with van der Waals surface area (Å²) in [6, 6.07) is 4.10. The fourth-order valence-electron chi connectivity index (χ4n) is 2.69. The molecule has 0 bridgehead atoms. The molecule has 0 spiro atoms. The van der Waals surface area contributed by atoms with E-state index in [1.54, 1.807) is 12.3 Å². The van der Waals surface area contributed by atoms with E-state index < -0.39 is 5.82 Å². The highest BCUT2D eigenvalue weighted by Crippen LogP contribution is 2.15. The Labute approximate surface area is 185 Å². The maximum Gasteiger partial charge on any atom is 0.256 e. The van der Waals surface area contributed by atoms with Crippen molar-refractivity contribution in [1.29, 1.82) is 0 Å². The van der Waals surface area contributed by atoms with E-state index in [1.807, 2.05) is 52.1 Å². The Morgan fingerprint density at radius 1 is 1.16 bits per heavy atom. The number of pyridine rings is 1. The second-order valence-electron chi connectivity index (χ2n) is 6.43. The van der Waals surface area contributed by atoms with E-state index in [2.05, 4.69) is 36.5 Å². The number of hydrogen-bond acceptors (Lipinski definition) is 3. The standard InChI is InChI=1S/C21H23FN2O.C3H7N.C2H6/c1-5-7-16(6-2)14(3)10-11-23-13-20-15(4)24-21(25)18-9-8-17(22)12-19(18)20;1-2-3-4;1-2/h5-14,16,23H,2,4H2,1,3H3,(H,24,25);2-3H,4H2,1H3;1-2H3/b7-5+,11-10+,20-13+;3-2-;. The summed E-state index contributed by atoms with van der Waals surface area (Å²) in [5, 5.41) is 5.13. The Kier molecular flexibility index (Phi) is 13.8. The zero-order valence-electron chi connectivity index (χ0n) is 19.3. The van der Waals surface area contributed by atoms with Crippen molar-refractivity contribution in [3.8, 4) is 0 Å². The van der Waals surface area contributed by atoms with Crippen LogP contribution in [-0.4, -0.2) is 4.98 Å². The van der Waals surface area contributed by atoms with Crippen LogP contribution in [0.1, 0.15) is 34.6 Å². The van der Waals surface area contributed by atoms with Crippen molar-refractivity contribution in [3.63, 3.8) is 0 Å². The molecule has 2 aromatic rings. The number of allylic oxidation sites excluding steroid dienone is 5. The molecule has 0 aliphatic heterocycles. The normalized spacial score (nSPS) is 13.5. The summed E-state index contributed by atoms with van der Waals surface area (Å²) in [6.07, 6.45) is 14.8. The van der Waals surface area contributed by atoms with Crippen LogP contribution in [0.3, 0.4) is 0 Å². The van der Waals surface area contributed by atoms with Crippen LogP contribution in [0, 0.1) is 17.7 Å². The fraction of sp³-hybridized carbons (Fsp3) is 0.269. The van der Waals surface area contributed by atoms with E-state index in [9.17, 15) is 9.18 Å². The number of aromatic amines is 1. The molecule has 1 aromatic heterocycles. The van der Waals surface area contributed by atoms with Gasteiger partial charge in [-0.25, -0.2) is 4.39 Å². The van der Waals surface area contributed by atoms with Crippen molar-refractivity contribution in [3.05, 3.63) is 94.3 Å². The first-order valence-electron chi connectivity index (χ1n) is 10.4. The third-order valence-corrected chi connectivity index (χ3v) is 4.32. The van der Waals surface area contributed by atoms with Crippen LogP contribution < -0.4 is 27.2 Å². The quantitative estimate of drug-likeness (QED) is 0.599. The molecule has 0 saturated carbocycles. The summed E-state index contributed by atoms with van der Waals surface area (Å²) in [5.74, 6) is 0.143. The maximum atomic E-state index is 13.6. The van der Waals surface area contributed by atoms with Gasteiger partial charge in [0.2, 0.25) is 0 Å². The van der Waals surface area contributed by atoms with Crippen molar-refractivity contribution in [2.75, 3.05) is 0 Å². The Morgan fingerprint density at radius 2 is 1.81 bits per heavy atom. The van der Waals surface area contributed by atoms with Gasteiger partial charge in [-0.05, 0) is 50.4 Å². The van der Waals surface area contributed by atoms with Crippen LogP contribution in [0.4, 0.5) is 4.39 Å². The first kappa shape index (κ1) is 27.7. The van der Waals surface area contributed by atoms with Gasteiger partial charge in [0.1, 0.15) is 5.82 Å². The van der Waals surface area contributed by atoms with Crippen LogP contribution in [-0.2, 0) is 0 Å². The molecule has 0 fully saturated rings. The molecular weight excluding hydrogens is 389 g/mol. The SMILES string of the molecule is C/C=C\N.C=CC(/C=C/C)C(C)/C=C/N/C=c1\c(=C)[nH]c(=O)c2ccc(F)cc12.CC. The highest BCUT2D eigenvalue weighted by Gasteiger charge is 2.06. The maximum absolute atomic E-state index is 13.6. The number of halogens is 1. The van der Waals surface area contributed by atoms with E-state index in [1.165, 1.54) is 24.4 Å². The van der Waals surface area contributed by atoms with Crippen molar-refractivity contribution in [1.82, 2.24) is 10.3 Å². The van der Waals surface area contributed by atoms with Gasteiger partial charge in [-0.1, -0.05) is 57.7 Å². The number of fused-ring (bicyclic) bond motifs is 1. The molecule has 168 valence electrons. The Hall–Kier alpha value is -3.34. The number of rotatable bonds is 6. The van der Waals surface area contributed by atoms with E-state index >= 15 is 0 Å². The van der Waals surface area contributed by atoms with Crippen molar-refractivity contribution in [2.24, 2.45) is 17.6 Å². The number of nitrogens with one attached hydrogen (secondary N) is 2. The smallest absolute Gasteiger partial charge is 0.256 e. The minimum absolute atomic E-state index is 0.259. The van der Waals surface area contributed by atoms with Crippen molar-refractivity contribution in [2.45, 2.75) is 34.6 Å². The van der Waals surface area contributed by atoms with Gasteiger partial charge in [-0.3, -0.25) is 4.79 Å². The first-order chi connectivity index (χ1) is 14.9. The average molecular weight is 426 g/mol. The van der Waals surface area contributed by atoms with E-state index in [-0.39, 0.29) is 17.4 Å². The monoisotopic (exact) mass is 425 g/mol. The molecule has 0 radical (unpaired) electrons. The van der Waals surface area contributed by atoms with E-state index in [0.717, 1.165) is 0 Å². The summed E-state index contributed by atoms with van der Waals surface area (Å²) in [7, 11) is 0. The van der Waals surface area contributed by atoms with Gasteiger partial charge < -0.3 is 16.0 Å². The molecule has 4 nitrogen and oxygen atoms in total. The molecule has 0 amide bonds. The Balaban J connectivity index is 0.00000134. The van der Waals surface area contributed by atoms with Crippen LogP contribution in [0.25, 0.3) is 23.6 Å². The molecule has 0 aliphatic carbocycles. The Morgan fingerprint density at radius 3 is 2.35 bits per heavy atom. The molecule has 0 saturated heterocycles. The molecule has 31 heavy (non-hydrogen) atoms. The number of nitrogens with two attached hydrogens (primary N) is 1. The predicted molar refractivity (Wildman–Crippen MR) is 134 cm³/mol. The average Bonchev–Trinajstić information content (AvgIpc) is 2.77. The zero-order valence-corrected chi connectivity index (χ0v) is 19.3. The Bertz CT molecular complexity index is 1060. The van der Waals surface area contributed by atoms with E-state index in [4.69, 9.17) is 5.73 Å². The third-order valence-electron chi connectivity index (χ3n) is 4.32. The molecule has 2 atom stereocenters. The van der Waals surface area contributed by atoms with E-state index in [0.29, 0.717) is 21.3 Å². The lowest BCUT2D eigenvalue weighted by Crippen LogP contribution is -2.35. The number of benzene rings is 1. The lowest BCUT2D eigenvalue weighted by Gasteiger charge is -2.12. The molecule has 0 aliphatic rings. The highest BCUT2D eigenvalue weighted by atomic mass is 19.1. The fourth-order valence-corrected chi connectivity index (χ4v) is 2.69. The summed E-state index contributed by atoms with van der Waals surface area (Å²) in [5.41, 5.74) is 4.57. The zero-order chi connectivity index (χ0) is 23.8. The van der Waals surface area contributed by atoms with Crippen LogP contribution >= 0.6 is 0 Å². The van der Waals surface area contributed by atoms with Gasteiger partial charge in [-0.15, -0.1) is 6.58 Å². The first-order valence-corrected chi connectivity index (χ1v) is 10.4. The van der Waals surface area contributed by atoms with Crippen LogP contribution in [0.15, 0.2) is 72.4 Å². The largest absolute Gasteiger partial charge is 0.405 e. The molecule has 1 heterocycles. The second kappa shape index (κ2) is 15.5. The molecule has 2 rings (SSSR count). The number of hydrogen-bond donors (Lipinski definition) is 3. The minimum atomic E-state index is -0.392. The van der Waals surface area contributed by atoms with Crippen LogP contribution in [0.2, 0.25) is 0 Å². The molecular formula is C26H36FN3O. The van der Waals surface area contributed by atoms with Crippen molar-refractivity contribution >= 4 is 23.6 Å². The summed E-state index contributed by atoms with van der Waals surface area (Å²) < 4.78 is 13.6. The second-order valence-corrected chi connectivity index (χ2v) is 6.43. The molecule has 5 heteroatoms. The van der Waals surface area contributed by atoms with Gasteiger partial charge in [0.25, 0.3) is 5.56 Å². The molecule has 1 aromatic carbocycles. The number of aromatic nitrogens is 1. The topological polar surface area (TPSA) is 70.9 Å². The summed E-state index contributed by atoms with van der Waals surface area (Å²) in [4.78, 5) is 14.7. The minimum Gasteiger partial charge on any atom is -0.405 e. The molecule has 2 unspecified atom stereocenters. The van der Waals surface area contributed by atoms with Gasteiger partial charge in [0.05, 0.1) is 0 Å².